The molecule has 0 spiro atoms. The van der Waals surface area contributed by atoms with Crippen LogP contribution in [0.1, 0.15) is 44.0 Å². The largest absolute Gasteiger partial charge is 0.494 e. The fraction of sp³-hybridized carbons (Fsp3) is 0.435. The number of benzene rings is 1. The molecular weight excluding hydrogens is 428 g/mol. The van der Waals surface area contributed by atoms with E-state index in [4.69, 9.17) is 14.5 Å². The van der Waals surface area contributed by atoms with Crippen LogP contribution in [0.2, 0.25) is 0 Å². The van der Waals surface area contributed by atoms with Crippen molar-refractivity contribution in [1.29, 1.82) is 0 Å². The summed E-state index contributed by atoms with van der Waals surface area (Å²) >= 11 is 1.57. The summed E-state index contributed by atoms with van der Waals surface area (Å²) in [6, 6.07) is 7.27. The van der Waals surface area contributed by atoms with Crippen LogP contribution in [0.25, 0.3) is 21.7 Å². The van der Waals surface area contributed by atoms with Crippen molar-refractivity contribution in [3.8, 4) is 16.5 Å². The molecule has 8 nitrogen and oxygen atoms in total. The second kappa shape index (κ2) is 8.82. The monoisotopic (exact) mass is 456 g/mol. The number of rotatable bonds is 4. The van der Waals surface area contributed by atoms with Gasteiger partial charge in [0.1, 0.15) is 28.2 Å². The van der Waals surface area contributed by atoms with Gasteiger partial charge in [0.15, 0.2) is 0 Å². The standard InChI is InChI=1S/C23H28N4O4S/c1-23(2,3)31-22(29)27-11-5-7-14(13-27)24-21(28)15-9-10-16(30-4)19-18(15)25-20(26-19)17-8-6-12-32-17/h6,8-10,12,14H,5,7,11,13H2,1-4H3,(H,24,28)(H,25,26). The molecule has 0 aliphatic carbocycles. The lowest BCUT2D eigenvalue weighted by molar-refractivity contribution is 0.0185. The van der Waals surface area contributed by atoms with Gasteiger partial charge >= 0.3 is 6.09 Å². The van der Waals surface area contributed by atoms with Crippen LogP contribution in [0.15, 0.2) is 29.6 Å². The molecule has 2 amide bonds. The van der Waals surface area contributed by atoms with Crippen molar-refractivity contribution in [3.05, 3.63) is 35.2 Å². The molecule has 0 saturated carbocycles. The quantitative estimate of drug-likeness (QED) is 0.605. The molecule has 9 heteroatoms. The van der Waals surface area contributed by atoms with Gasteiger partial charge in [0.05, 0.1) is 17.6 Å². The van der Waals surface area contributed by atoms with Gasteiger partial charge in [-0.05, 0) is 57.2 Å². The minimum Gasteiger partial charge on any atom is -0.494 e. The molecule has 170 valence electrons. The molecule has 0 radical (unpaired) electrons. The van der Waals surface area contributed by atoms with E-state index < -0.39 is 5.60 Å². The summed E-state index contributed by atoms with van der Waals surface area (Å²) in [5.74, 6) is 1.10. The van der Waals surface area contributed by atoms with Crippen molar-refractivity contribution in [2.75, 3.05) is 20.2 Å². The number of imidazole rings is 1. The Morgan fingerprint density at radius 2 is 2.09 bits per heavy atom. The third kappa shape index (κ3) is 4.72. The SMILES string of the molecule is COc1ccc(C(=O)NC2CCCN(C(=O)OC(C)(C)C)C2)c2nc(-c3cccs3)[nH]c12. The highest BCUT2D eigenvalue weighted by atomic mass is 32.1. The summed E-state index contributed by atoms with van der Waals surface area (Å²) in [4.78, 5) is 36.2. The van der Waals surface area contributed by atoms with Crippen molar-refractivity contribution in [1.82, 2.24) is 20.2 Å². The summed E-state index contributed by atoms with van der Waals surface area (Å²) in [5, 5.41) is 5.06. The number of ether oxygens (including phenoxy) is 2. The maximum absolute atomic E-state index is 13.2. The fourth-order valence-corrected chi connectivity index (χ4v) is 4.47. The Balaban J connectivity index is 1.54. The first kappa shape index (κ1) is 22.1. The third-order valence-electron chi connectivity index (χ3n) is 5.23. The molecule has 3 aromatic rings. The number of carbonyl (C=O) groups excluding carboxylic acids is 2. The predicted molar refractivity (Wildman–Crippen MR) is 124 cm³/mol. The third-order valence-corrected chi connectivity index (χ3v) is 6.11. The number of piperidine rings is 1. The summed E-state index contributed by atoms with van der Waals surface area (Å²) in [6.07, 6.45) is 1.24. The van der Waals surface area contributed by atoms with Gasteiger partial charge in [-0.2, -0.15) is 0 Å². The summed E-state index contributed by atoms with van der Waals surface area (Å²) < 4.78 is 10.9. The van der Waals surface area contributed by atoms with Gasteiger partial charge in [0.2, 0.25) is 0 Å². The first-order valence-electron chi connectivity index (χ1n) is 10.6. The number of amides is 2. The van der Waals surface area contributed by atoms with Gasteiger partial charge in [0.25, 0.3) is 5.91 Å². The highest BCUT2D eigenvalue weighted by molar-refractivity contribution is 7.13. The van der Waals surface area contributed by atoms with Crippen molar-refractivity contribution >= 4 is 34.4 Å². The van der Waals surface area contributed by atoms with Gasteiger partial charge < -0.3 is 24.7 Å². The smallest absolute Gasteiger partial charge is 0.410 e. The lowest BCUT2D eigenvalue weighted by Crippen LogP contribution is -2.50. The molecule has 2 aromatic heterocycles. The number of nitrogens with one attached hydrogen (secondary N) is 2. The number of aromatic amines is 1. The lowest BCUT2D eigenvalue weighted by atomic mass is 10.0. The number of likely N-dealkylation sites (tertiary alicyclic amines) is 1. The maximum atomic E-state index is 13.2. The van der Waals surface area contributed by atoms with E-state index >= 15 is 0 Å². The van der Waals surface area contributed by atoms with Crippen LogP contribution in [-0.2, 0) is 4.74 Å². The second-order valence-corrected chi connectivity index (χ2v) is 9.79. The molecule has 4 rings (SSSR count). The van der Waals surface area contributed by atoms with Gasteiger partial charge in [-0.1, -0.05) is 6.07 Å². The molecule has 1 fully saturated rings. The van der Waals surface area contributed by atoms with Crippen molar-refractivity contribution < 1.29 is 19.1 Å². The van der Waals surface area contributed by atoms with Crippen LogP contribution in [0.3, 0.4) is 0 Å². The van der Waals surface area contributed by atoms with Crippen LogP contribution in [0.5, 0.6) is 5.75 Å². The molecule has 1 saturated heterocycles. The van der Waals surface area contributed by atoms with Gasteiger partial charge in [-0.3, -0.25) is 4.79 Å². The van der Waals surface area contributed by atoms with Crippen molar-refractivity contribution in [2.24, 2.45) is 0 Å². The molecule has 2 N–H and O–H groups in total. The zero-order valence-corrected chi connectivity index (χ0v) is 19.5. The second-order valence-electron chi connectivity index (χ2n) is 8.84. The number of nitrogens with zero attached hydrogens (tertiary/aromatic N) is 2. The van der Waals surface area contributed by atoms with Gasteiger partial charge in [-0.25, -0.2) is 9.78 Å². The summed E-state index contributed by atoms with van der Waals surface area (Å²) in [5.41, 5.74) is 1.16. The molecule has 1 unspecified atom stereocenters. The van der Waals surface area contributed by atoms with Crippen LogP contribution >= 0.6 is 11.3 Å². The zero-order valence-electron chi connectivity index (χ0n) is 18.7. The van der Waals surface area contributed by atoms with E-state index in [1.807, 2.05) is 38.3 Å². The number of aromatic nitrogens is 2. The van der Waals surface area contributed by atoms with E-state index in [2.05, 4.69) is 10.3 Å². The Morgan fingerprint density at radius 3 is 2.78 bits per heavy atom. The molecule has 1 aromatic carbocycles. The van der Waals surface area contributed by atoms with Crippen LogP contribution in [-0.4, -0.2) is 58.7 Å². The maximum Gasteiger partial charge on any atom is 0.410 e. The van der Waals surface area contributed by atoms with Crippen molar-refractivity contribution in [2.45, 2.75) is 45.3 Å². The number of fused-ring (bicyclic) bond motifs is 1. The Morgan fingerprint density at radius 1 is 1.28 bits per heavy atom. The lowest BCUT2D eigenvalue weighted by Gasteiger charge is -2.34. The van der Waals surface area contributed by atoms with Gasteiger partial charge in [-0.15, -0.1) is 11.3 Å². The Kier molecular flexibility index (Phi) is 6.10. The van der Waals surface area contributed by atoms with E-state index in [9.17, 15) is 9.59 Å². The zero-order chi connectivity index (χ0) is 22.9. The Labute approximate surface area is 190 Å². The molecule has 1 aliphatic heterocycles. The molecule has 32 heavy (non-hydrogen) atoms. The van der Waals surface area contributed by atoms with E-state index in [0.717, 1.165) is 17.7 Å². The van der Waals surface area contributed by atoms with Crippen LogP contribution in [0.4, 0.5) is 4.79 Å². The summed E-state index contributed by atoms with van der Waals surface area (Å²) in [7, 11) is 1.59. The number of carbonyl (C=O) groups is 2. The first-order valence-corrected chi connectivity index (χ1v) is 11.5. The average Bonchev–Trinajstić information content (AvgIpc) is 3.41. The number of H-pyrrole nitrogens is 1. The molecule has 1 aliphatic rings. The topological polar surface area (TPSA) is 96.6 Å². The van der Waals surface area contributed by atoms with E-state index in [1.54, 1.807) is 35.5 Å². The highest BCUT2D eigenvalue weighted by Gasteiger charge is 2.29. The number of hydrogen-bond donors (Lipinski definition) is 2. The molecular formula is C23H28N4O4S. The predicted octanol–water partition coefficient (Wildman–Crippen LogP) is 4.43. The minimum absolute atomic E-state index is 0.156. The van der Waals surface area contributed by atoms with E-state index in [-0.39, 0.29) is 18.0 Å². The molecule has 0 bridgehead atoms. The van der Waals surface area contributed by atoms with Crippen LogP contribution < -0.4 is 10.1 Å². The Hall–Kier alpha value is -3.07. The van der Waals surface area contributed by atoms with Crippen molar-refractivity contribution in [3.63, 3.8) is 0 Å². The Bertz CT molecular complexity index is 1120. The summed E-state index contributed by atoms with van der Waals surface area (Å²) in [6.45, 7) is 6.57. The van der Waals surface area contributed by atoms with Crippen LogP contribution in [0, 0.1) is 0 Å². The molecule has 3 heterocycles. The highest BCUT2D eigenvalue weighted by Crippen LogP contribution is 2.31. The normalized spacial score (nSPS) is 16.8. The van der Waals surface area contributed by atoms with E-state index in [0.29, 0.717) is 41.3 Å². The fourth-order valence-electron chi connectivity index (χ4n) is 3.80. The first-order chi connectivity index (χ1) is 15.2. The molecule has 1 atom stereocenters. The number of thiophene rings is 1. The van der Waals surface area contributed by atoms with Gasteiger partial charge in [0, 0.05) is 19.1 Å². The number of hydrogen-bond acceptors (Lipinski definition) is 6. The number of methoxy groups -OCH3 is 1. The van der Waals surface area contributed by atoms with E-state index in [1.165, 1.54) is 0 Å². The minimum atomic E-state index is -0.553. The average molecular weight is 457 g/mol.